The first-order chi connectivity index (χ1) is 12.5. The maximum atomic E-state index is 12.6. The Balaban J connectivity index is 1.45. The molecule has 3 heterocycles. The molecular formula is C19H23N5O2. The standard InChI is InChI=1S/C19H23N5O2/c1-12-8-15(12)19(26)24-7-6-23-11-16(22-17(23)13(24)2)18(25)21-10-14-4-3-5-20-9-14/h3-5,9,11-13,15H,6-8,10H2,1-2H3,(H,21,25). The van der Waals surface area contributed by atoms with Crippen LogP contribution in [0.25, 0.3) is 0 Å². The summed E-state index contributed by atoms with van der Waals surface area (Å²) in [6.07, 6.45) is 6.19. The van der Waals surface area contributed by atoms with Crippen molar-refractivity contribution in [1.29, 1.82) is 0 Å². The molecule has 2 aromatic heterocycles. The number of hydrogen-bond acceptors (Lipinski definition) is 4. The van der Waals surface area contributed by atoms with E-state index in [2.05, 4.69) is 22.2 Å². The van der Waals surface area contributed by atoms with Crippen LogP contribution in [0.4, 0.5) is 0 Å². The van der Waals surface area contributed by atoms with E-state index < -0.39 is 0 Å². The highest BCUT2D eigenvalue weighted by atomic mass is 16.2. The molecule has 1 aliphatic carbocycles. The molecule has 7 heteroatoms. The average Bonchev–Trinajstić information content (AvgIpc) is 3.21. The molecule has 1 aliphatic heterocycles. The van der Waals surface area contributed by atoms with Crippen molar-refractivity contribution in [3.8, 4) is 0 Å². The van der Waals surface area contributed by atoms with Crippen LogP contribution in [-0.4, -0.2) is 37.8 Å². The minimum atomic E-state index is -0.211. The quantitative estimate of drug-likeness (QED) is 0.908. The van der Waals surface area contributed by atoms with E-state index in [0.29, 0.717) is 31.2 Å². The van der Waals surface area contributed by atoms with E-state index in [1.165, 1.54) is 0 Å². The predicted octanol–water partition coefficient (Wildman–Crippen LogP) is 1.77. The van der Waals surface area contributed by atoms with E-state index in [1.54, 1.807) is 18.6 Å². The first kappa shape index (κ1) is 16.8. The van der Waals surface area contributed by atoms with Crippen molar-refractivity contribution in [1.82, 2.24) is 24.8 Å². The van der Waals surface area contributed by atoms with Crippen LogP contribution in [-0.2, 0) is 17.9 Å². The summed E-state index contributed by atoms with van der Waals surface area (Å²) in [6.45, 7) is 5.86. The molecule has 7 nitrogen and oxygen atoms in total. The van der Waals surface area contributed by atoms with Crippen molar-refractivity contribution >= 4 is 11.8 Å². The van der Waals surface area contributed by atoms with E-state index in [9.17, 15) is 9.59 Å². The second-order valence-electron chi connectivity index (χ2n) is 7.25. The number of aromatic nitrogens is 3. The first-order valence-corrected chi connectivity index (χ1v) is 9.09. The Hall–Kier alpha value is -2.70. The zero-order valence-corrected chi connectivity index (χ0v) is 15.1. The molecule has 26 heavy (non-hydrogen) atoms. The van der Waals surface area contributed by atoms with Crippen LogP contribution in [0.15, 0.2) is 30.7 Å². The fraction of sp³-hybridized carbons (Fsp3) is 0.474. The summed E-state index contributed by atoms with van der Waals surface area (Å²) in [7, 11) is 0. The SMILES string of the molecule is CC1CC1C(=O)N1CCn2cc(C(=O)NCc3cccnc3)nc2C1C. The number of rotatable bonds is 4. The van der Waals surface area contributed by atoms with Crippen LogP contribution in [0.1, 0.15) is 48.2 Å². The van der Waals surface area contributed by atoms with E-state index >= 15 is 0 Å². The Bertz CT molecular complexity index is 832. The number of pyridine rings is 1. The zero-order valence-electron chi connectivity index (χ0n) is 15.1. The minimum absolute atomic E-state index is 0.107. The summed E-state index contributed by atoms with van der Waals surface area (Å²) in [5, 5.41) is 2.87. The normalized spacial score (nSPS) is 24.1. The number of carbonyl (C=O) groups is 2. The van der Waals surface area contributed by atoms with Gasteiger partial charge in [-0.25, -0.2) is 4.98 Å². The van der Waals surface area contributed by atoms with Crippen molar-refractivity contribution in [2.24, 2.45) is 11.8 Å². The van der Waals surface area contributed by atoms with Crippen LogP contribution in [0, 0.1) is 11.8 Å². The van der Waals surface area contributed by atoms with Gasteiger partial charge in [0.05, 0.1) is 6.04 Å². The minimum Gasteiger partial charge on any atom is -0.347 e. The molecular weight excluding hydrogens is 330 g/mol. The number of imidazole rings is 1. The van der Waals surface area contributed by atoms with Crippen LogP contribution in [0.5, 0.6) is 0 Å². The summed E-state index contributed by atoms with van der Waals surface area (Å²) in [4.78, 5) is 35.5. The Morgan fingerprint density at radius 1 is 1.31 bits per heavy atom. The molecule has 4 rings (SSSR count). The molecule has 2 aromatic rings. The molecule has 2 aliphatic rings. The van der Waals surface area contributed by atoms with Gasteiger partial charge >= 0.3 is 0 Å². The maximum absolute atomic E-state index is 12.6. The monoisotopic (exact) mass is 353 g/mol. The molecule has 0 aromatic carbocycles. The van der Waals surface area contributed by atoms with Gasteiger partial charge in [0.15, 0.2) is 0 Å². The van der Waals surface area contributed by atoms with Gasteiger partial charge in [0.1, 0.15) is 11.5 Å². The highest BCUT2D eigenvalue weighted by molar-refractivity contribution is 5.92. The van der Waals surface area contributed by atoms with Gasteiger partial charge in [0.25, 0.3) is 5.91 Å². The topological polar surface area (TPSA) is 80.1 Å². The van der Waals surface area contributed by atoms with Gasteiger partial charge in [-0.3, -0.25) is 14.6 Å². The lowest BCUT2D eigenvalue weighted by molar-refractivity contribution is -0.136. The molecule has 0 bridgehead atoms. The number of fused-ring (bicyclic) bond motifs is 1. The molecule has 0 saturated heterocycles. The number of hydrogen-bond donors (Lipinski definition) is 1. The maximum Gasteiger partial charge on any atom is 0.271 e. The van der Waals surface area contributed by atoms with Crippen molar-refractivity contribution in [2.45, 2.75) is 39.4 Å². The van der Waals surface area contributed by atoms with Crippen molar-refractivity contribution in [3.63, 3.8) is 0 Å². The van der Waals surface area contributed by atoms with Gasteiger partial charge in [-0.05, 0) is 30.9 Å². The molecule has 0 radical (unpaired) electrons. The number of carbonyl (C=O) groups excluding carboxylic acids is 2. The Kier molecular flexibility index (Phi) is 4.22. The van der Waals surface area contributed by atoms with Gasteiger partial charge in [0.2, 0.25) is 5.91 Å². The van der Waals surface area contributed by atoms with E-state index in [1.807, 2.05) is 28.5 Å². The van der Waals surface area contributed by atoms with Crippen LogP contribution in [0.2, 0.25) is 0 Å². The lowest BCUT2D eigenvalue weighted by Crippen LogP contribution is -2.42. The van der Waals surface area contributed by atoms with Crippen molar-refractivity contribution in [3.05, 3.63) is 47.8 Å². The molecule has 0 spiro atoms. The second kappa shape index (κ2) is 6.55. The van der Waals surface area contributed by atoms with E-state index in [-0.39, 0.29) is 23.8 Å². The summed E-state index contributed by atoms with van der Waals surface area (Å²) >= 11 is 0. The molecule has 1 saturated carbocycles. The third kappa shape index (κ3) is 3.09. The Morgan fingerprint density at radius 3 is 2.81 bits per heavy atom. The lowest BCUT2D eigenvalue weighted by Gasteiger charge is -2.34. The van der Waals surface area contributed by atoms with Gasteiger partial charge in [-0.2, -0.15) is 0 Å². The summed E-state index contributed by atoms with van der Waals surface area (Å²) < 4.78 is 1.99. The summed E-state index contributed by atoms with van der Waals surface area (Å²) in [5.74, 6) is 1.45. The van der Waals surface area contributed by atoms with E-state index in [4.69, 9.17) is 0 Å². The highest BCUT2D eigenvalue weighted by Gasteiger charge is 2.44. The van der Waals surface area contributed by atoms with Gasteiger partial charge < -0.3 is 14.8 Å². The van der Waals surface area contributed by atoms with Crippen LogP contribution < -0.4 is 5.32 Å². The zero-order chi connectivity index (χ0) is 18.3. The van der Waals surface area contributed by atoms with Gasteiger partial charge in [-0.1, -0.05) is 13.0 Å². The van der Waals surface area contributed by atoms with Crippen LogP contribution in [0.3, 0.4) is 0 Å². The average molecular weight is 353 g/mol. The number of amides is 2. The molecule has 3 atom stereocenters. The number of nitrogens with one attached hydrogen (secondary N) is 1. The fourth-order valence-electron chi connectivity index (χ4n) is 3.56. The van der Waals surface area contributed by atoms with E-state index in [0.717, 1.165) is 17.8 Å². The summed E-state index contributed by atoms with van der Waals surface area (Å²) in [6, 6.07) is 3.64. The predicted molar refractivity (Wildman–Crippen MR) is 95.0 cm³/mol. The molecule has 2 amide bonds. The highest BCUT2D eigenvalue weighted by Crippen LogP contribution is 2.41. The largest absolute Gasteiger partial charge is 0.347 e. The third-order valence-corrected chi connectivity index (χ3v) is 5.35. The smallest absolute Gasteiger partial charge is 0.271 e. The molecule has 1 N–H and O–H groups in total. The fourth-order valence-corrected chi connectivity index (χ4v) is 3.56. The second-order valence-corrected chi connectivity index (χ2v) is 7.25. The number of nitrogens with zero attached hydrogens (tertiary/aromatic N) is 4. The van der Waals surface area contributed by atoms with Gasteiger partial charge in [0, 0.05) is 44.1 Å². The van der Waals surface area contributed by atoms with Crippen LogP contribution >= 0.6 is 0 Å². The summed E-state index contributed by atoms with van der Waals surface area (Å²) in [5.41, 5.74) is 1.33. The molecule has 136 valence electrons. The van der Waals surface area contributed by atoms with Crippen molar-refractivity contribution in [2.75, 3.05) is 6.54 Å². The molecule has 3 unspecified atom stereocenters. The third-order valence-electron chi connectivity index (χ3n) is 5.35. The lowest BCUT2D eigenvalue weighted by atomic mass is 10.1. The first-order valence-electron chi connectivity index (χ1n) is 9.09. The Labute approximate surface area is 152 Å². The molecule has 1 fully saturated rings. The van der Waals surface area contributed by atoms with Crippen molar-refractivity contribution < 1.29 is 9.59 Å². The van der Waals surface area contributed by atoms with Gasteiger partial charge in [-0.15, -0.1) is 0 Å². The Morgan fingerprint density at radius 2 is 2.12 bits per heavy atom.